The van der Waals surface area contributed by atoms with Gasteiger partial charge in [0, 0.05) is 6.42 Å². The van der Waals surface area contributed by atoms with Gasteiger partial charge in [-0.1, -0.05) is 12.1 Å². The van der Waals surface area contributed by atoms with Crippen molar-refractivity contribution >= 4 is 22.8 Å². The molecule has 82 valence electrons. The highest BCUT2D eigenvalue weighted by Crippen LogP contribution is 2.11. The largest absolute Gasteiger partial charge is 0.481 e. The van der Waals surface area contributed by atoms with Crippen molar-refractivity contribution in [3.8, 4) is 0 Å². The molecule has 2 N–H and O–H groups in total. The van der Waals surface area contributed by atoms with Crippen LogP contribution in [0.1, 0.15) is 23.5 Å². The van der Waals surface area contributed by atoms with E-state index in [4.69, 9.17) is 5.11 Å². The highest BCUT2D eigenvalue weighted by atomic mass is 16.4. The number of hydrogen-bond acceptors (Lipinski definition) is 3. The minimum Gasteiger partial charge on any atom is -0.481 e. The molecule has 0 aliphatic heterocycles. The van der Waals surface area contributed by atoms with E-state index in [9.17, 15) is 9.59 Å². The molecule has 1 heterocycles. The zero-order chi connectivity index (χ0) is 11.5. The number of aromatic amines is 1. The van der Waals surface area contributed by atoms with Crippen LogP contribution in [-0.4, -0.2) is 26.8 Å². The van der Waals surface area contributed by atoms with Gasteiger partial charge in [0.2, 0.25) is 0 Å². The van der Waals surface area contributed by atoms with E-state index in [-0.39, 0.29) is 24.4 Å². The van der Waals surface area contributed by atoms with E-state index in [0.29, 0.717) is 5.52 Å². The van der Waals surface area contributed by atoms with Gasteiger partial charge in [-0.05, 0) is 12.1 Å². The van der Waals surface area contributed by atoms with Gasteiger partial charge >= 0.3 is 5.97 Å². The topological polar surface area (TPSA) is 83.0 Å². The molecule has 0 amide bonds. The predicted molar refractivity (Wildman–Crippen MR) is 57.3 cm³/mol. The number of hydrogen-bond donors (Lipinski definition) is 2. The molecule has 0 unspecified atom stereocenters. The summed E-state index contributed by atoms with van der Waals surface area (Å²) in [4.78, 5) is 28.8. The Hall–Kier alpha value is -2.17. The van der Waals surface area contributed by atoms with Crippen molar-refractivity contribution in [2.24, 2.45) is 0 Å². The molecule has 0 aliphatic carbocycles. The van der Waals surface area contributed by atoms with Crippen LogP contribution < -0.4 is 0 Å². The van der Waals surface area contributed by atoms with Gasteiger partial charge in [-0.3, -0.25) is 9.59 Å². The van der Waals surface area contributed by atoms with Crippen molar-refractivity contribution in [1.82, 2.24) is 9.97 Å². The maximum Gasteiger partial charge on any atom is 0.303 e. The number of fused-ring (bicyclic) bond motifs is 1. The van der Waals surface area contributed by atoms with Gasteiger partial charge in [0.1, 0.15) is 0 Å². The van der Waals surface area contributed by atoms with Gasteiger partial charge in [-0.15, -0.1) is 0 Å². The van der Waals surface area contributed by atoms with E-state index in [1.54, 1.807) is 6.07 Å². The minimum atomic E-state index is -0.982. The molecular weight excluding hydrogens is 208 g/mol. The number of H-pyrrole nitrogens is 1. The van der Waals surface area contributed by atoms with Crippen LogP contribution in [0.25, 0.3) is 11.0 Å². The van der Waals surface area contributed by atoms with Gasteiger partial charge in [0.25, 0.3) is 0 Å². The molecule has 1 aromatic carbocycles. The third kappa shape index (κ3) is 2.08. The molecule has 2 rings (SSSR count). The molecule has 5 heteroatoms. The average molecular weight is 218 g/mol. The molecule has 0 aliphatic rings. The van der Waals surface area contributed by atoms with Crippen LogP contribution in [0.15, 0.2) is 24.3 Å². The summed E-state index contributed by atoms with van der Waals surface area (Å²) in [5.41, 5.74) is 1.49. The number of rotatable bonds is 4. The lowest BCUT2D eigenvalue weighted by Gasteiger charge is -1.92. The number of nitrogens with one attached hydrogen (secondary N) is 1. The maximum atomic E-state index is 11.6. The fourth-order valence-electron chi connectivity index (χ4n) is 1.42. The summed E-state index contributed by atoms with van der Waals surface area (Å²) in [7, 11) is 0. The number of nitrogens with zero attached hydrogens (tertiary/aromatic N) is 1. The zero-order valence-electron chi connectivity index (χ0n) is 8.43. The van der Waals surface area contributed by atoms with Crippen molar-refractivity contribution in [2.75, 3.05) is 0 Å². The number of carbonyl (C=O) groups is 2. The number of carbonyl (C=O) groups excluding carboxylic acids is 1. The standard InChI is InChI=1S/C11H10N2O3/c14-9(5-6-10(15)16)11-12-7-3-1-2-4-8(7)13-11/h1-4H,5-6H2,(H,12,13)(H,15,16). The van der Waals surface area contributed by atoms with E-state index >= 15 is 0 Å². The Kier molecular flexibility index (Phi) is 2.68. The molecule has 16 heavy (non-hydrogen) atoms. The number of ketones is 1. The summed E-state index contributed by atoms with van der Waals surface area (Å²) >= 11 is 0. The van der Waals surface area contributed by atoms with Gasteiger partial charge in [0.05, 0.1) is 17.5 Å². The third-order valence-corrected chi connectivity index (χ3v) is 2.22. The first-order valence-corrected chi connectivity index (χ1v) is 4.86. The molecular formula is C11H10N2O3. The van der Waals surface area contributed by atoms with E-state index < -0.39 is 5.97 Å². The average Bonchev–Trinajstić information content (AvgIpc) is 2.69. The normalized spacial score (nSPS) is 10.5. The first-order valence-electron chi connectivity index (χ1n) is 4.86. The number of aliphatic carboxylic acids is 1. The number of carboxylic acid groups (broad SMARTS) is 1. The Balaban J connectivity index is 2.20. The molecule has 1 aromatic heterocycles. The molecule has 5 nitrogen and oxygen atoms in total. The Morgan fingerprint density at radius 1 is 1.25 bits per heavy atom. The molecule has 0 fully saturated rings. The monoisotopic (exact) mass is 218 g/mol. The van der Waals surface area contributed by atoms with Gasteiger partial charge in [-0.2, -0.15) is 0 Å². The number of imidazole rings is 1. The van der Waals surface area contributed by atoms with E-state index in [1.165, 1.54) is 0 Å². The number of benzene rings is 1. The van der Waals surface area contributed by atoms with Crippen molar-refractivity contribution in [2.45, 2.75) is 12.8 Å². The van der Waals surface area contributed by atoms with Crippen molar-refractivity contribution in [1.29, 1.82) is 0 Å². The van der Waals surface area contributed by atoms with Crippen molar-refractivity contribution in [3.63, 3.8) is 0 Å². The lowest BCUT2D eigenvalue weighted by molar-refractivity contribution is -0.136. The van der Waals surface area contributed by atoms with Crippen LogP contribution in [0.4, 0.5) is 0 Å². The summed E-state index contributed by atoms with van der Waals surface area (Å²) in [6, 6.07) is 7.27. The lowest BCUT2D eigenvalue weighted by Crippen LogP contribution is -2.05. The Bertz CT molecular complexity index is 512. The second kappa shape index (κ2) is 4.14. The van der Waals surface area contributed by atoms with Crippen molar-refractivity contribution in [3.05, 3.63) is 30.1 Å². The van der Waals surface area contributed by atoms with Crippen LogP contribution in [0, 0.1) is 0 Å². The van der Waals surface area contributed by atoms with Gasteiger partial charge in [0.15, 0.2) is 11.6 Å². The summed E-state index contributed by atoms with van der Waals surface area (Å²) < 4.78 is 0. The summed E-state index contributed by atoms with van der Waals surface area (Å²) in [5.74, 6) is -1.04. The fraction of sp³-hybridized carbons (Fsp3) is 0.182. The highest BCUT2D eigenvalue weighted by molar-refractivity contribution is 5.96. The quantitative estimate of drug-likeness (QED) is 0.763. The number of para-hydroxylation sites is 2. The number of carboxylic acids is 1. The Morgan fingerprint density at radius 2 is 2.00 bits per heavy atom. The number of aromatic nitrogens is 2. The fourth-order valence-corrected chi connectivity index (χ4v) is 1.42. The lowest BCUT2D eigenvalue weighted by atomic mass is 10.2. The molecule has 0 radical (unpaired) electrons. The molecule has 0 saturated heterocycles. The van der Waals surface area contributed by atoms with E-state index in [2.05, 4.69) is 9.97 Å². The SMILES string of the molecule is O=C(O)CCC(=O)c1nc2ccccc2[nH]1. The molecule has 2 aromatic rings. The van der Waals surface area contributed by atoms with Crippen LogP contribution in [0.5, 0.6) is 0 Å². The zero-order valence-corrected chi connectivity index (χ0v) is 8.43. The second-order valence-corrected chi connectivity index (χ2v) is 3.42. The summed E-state index contributed by atoms with van der Waals surface area (Å²) in [5, 5.41) is 8.47. The maximum absolute atomic E-state index is 11.6. The Labute approximate surface area is 91.1 Å². The van der Waals surface area contributed by atoms with Crippen LogP contribution in [0.2, 0.25) is 0 Å². The molecule has 0 spiro atoms. The van der Waals surface area contributed by atoms with E-state index in [0.717, 1.165) is 5.52 Å². The third-order valence-electron chi connectivity index (χ3n) is 2.22. The first kappa shape index (κ1) is 10.4. The van der Waals surface area contributed by atoms with Crippen molar-refractivity contribution < 1.29 is 14.7 Å². The van der Waals surface area contributed by atoms with Crippen LogP contribution >= 0.6 is 0 Å². The minimum absolute atomic E-state index is 0.0326. The molecule has 0 bridgehead atoms. The van der Waals surface area contributed by atoms with E-state index in [1.807, 2.05) is 18.2 Å². The highest BCUT2D eigenvalue weighted by Gasteiger charge is 2.12. The van der Waals surface area contributed by atoms with Gasteiger partial charge in [-0.25, -0.2) is 4.98 Å². The first-order chi connectivity index (χ1) is 7.66. The predicted octanol–water partition coefficient (Wildman–Crippen LogP) is 1.61. The second-order valence-electron chi connectivity index (χ2n) is 3.42. The molecule has 0 saturated carbocycles. The van der Waals surface area contributed by atoms with Gasteiger partial charge < -0.3 is 10.1 Å². The van der Waals surface area contributed by atoms with Crippen LogP contribution in [-0.2, 0) is 4.79 Å². The smallest absolute Gasteiger partial charge is 0.303 e. The summed E-state index contributed by atoms with van der Waals surface area (Å²) in [6.45, 7) is 0. The summed E-state index contributed by atoms with van der Waals surface area (Å²) in [6.07, 6.45) is -0.203. The molecule has 0 atom stereocenters. The number of Topliss-reactive ketones (excluding diaryl/α,β-unsaturated/α-hetero) is 1. The van der Waals surface area contributed by atoms with Crippen LogP contribution in [0.3, 0.4) is 0 Å². The Morgan fingerprint density at radius 3 is 2.69 bits per heavy atom.